The van der Waals surface area contributed by atoms with E-state index in [1.807, 2.05) is 6.07 Å². The Morgan fingerprint density at radius 1 is 1.13 bits per heavy atom. The van der Waals surface area contributed by atoms with Crippen LogP contribution in [0.3, 0.4) is 0 Å². The number of amides is 2. The average molecular weight is 435 g/mol. The maximum absolute atomic E-state index is 13.8. The van der Waals surface area contributed by atoms with E-state index in [0.29, 0.717) is 18.7 Å². The number of piperidine rings is 1. The summed E-state index contributed by atoms with van der Waals surface area (Å²) in [6.07, 6.45) is -3.97. The lowest BCUT2D eigenvalue weighted by molar-refractivity contribution is -0.334. The van der Waals surface area contributed by atoms with Crippen molar-refractivity contribution < 1.29 is 27.4 Å². The molecular formula is C22H24F3N3O3. The molecule has 3 N–H and O–H groups in total. The smallest absolute Gasteiger partial charge is 0.421 e. The number of hydrogen-bond donors (Lipinski definition) is 3. The first-order valence-corrected chi connectivity index (χ1v) is 10.2. The van der Waals surface area contributed by atoms with E-state index in [-0.39, 0.29) is 24.3 Å². The van der Waals surface area contributed by atoms with Crippen molar-refractivity contribution in [2.75, 3.05) is 18.5 Å². The zero-order valence-corrected chi connectivity index (χ0v) is 16.7. The minimum atomic E-state index is -4.56. The van der Waals surface area contributed by atoms with Gasteiger partial charge in [-0.2, -0.15) is 13.2 Å². The van der Waals surface area contributed by atoms with Crippen molar-refractivity contribution in [1.82, 2.24) is 10.6 Å². The Labute approximate surface area is 178 Å². The number of carbonyl (C=O) groups is 1. The number of urea groups is 1. The monoisotopic (exact) mass is 435 g/mol. The molecular weight excluding hydrogens is 411 g/mol. The summed E-state index contributed by atoms with van der Waals surface area (Å²) in [7, 11) is 0. The van der Waals surface area contributed by atoms with Gasteiger partial charge in [0, 0.05) is 17.7 Å². The normalized spacial score (nSPS) is 25.9. The van der Waals surface area contributed by atoms with Gasteiger partial charge in [0.2, 0.25) is 0 Å². The second-order valence-corrected chi connectivity index (χ2v) is 7.63. The molecule has 0 radical (unpaired) electrons. The van der Waals surface area contributed by atoms with Gasteiger partial charge in [-0.05, 0) is 37.6 Å². The van der Waals surface area contributed by atoms with Crippen molar-refractivity contribution in [2.45, 2.75) is 43.3 Å². The van der Waals surface area contributed by atoms with Crippen molar-refractivity contribution in [3.8, 4) is 5.75 Å². The van der Waals surface area contributed by atoms with E-state index in [2.05, 4.69) is 16.0 Å². The largest absolute Gasteiger partial charge is 0.473 e. The number of ether oxygens (including phenoxy) is 2. The minimum Gasteiger partial charge on any atom is -0.473 e. The lowest BCUT2D eigenvalue weighted by Crippen LogP contribution is -2.57. The van der Waals surface area contributed by atoms with Crippen LogP contribution in [0.4, 0.5) is 23.7 Å². The molecule has 3 atom stereocenters. The quantitative estimate of drug-likeness (QED) is 0.660. The van der Waals surface area contributed by atoms with Crippen LogP contribution in [0.25, 0.3) is 0 Å². The number of alkyl halides is 3. The van der Waals surface area contributed by atoms with Gasteiger partial charge in [0.05, 0.1) is 12.6 Å². The SMILES string of the molecule is O=C(Nc1ccccc1)NC1CCCNC1Oc1ccccc1C1(C(F)(F)F)CCO1. The number of halogens is 3. The molecule has 0 bridgehead atoms. The second-order valence-electron chi connectivity index (χ2n) is 7.63. The molecule has 2 heterocycles. The van der Waals surface area contributed by atoms with Gasteiger partial charge in [0.25, 0.3) is 0 Å². The van der Waals surface area contributed by atoms with Gasteiger partial charge in [0.15, 0.2) is 11.8 Å². The lowest BCUT2D eigenvalue weighted by Gasteiger charge is -2.44. The third kappa shape index (κ3) is 4.47. The second kappa shape index (κ2) is 8.76. The molecule has 0 aromatic heterocycles. The maximum atomic E-state index is 13.8. The summed E-state index contributed by atoms with van der Waals surface area (Å²) in [5.41, 5.74) is -1.76. The minimum absolute atomic E-state index is 0.0410. The molecule has 2 aliphatic rings. The first-order valence-electron chi connectivity index (χ1n) is 10.2. The van der Waals surface area contributed by atoms with Gasteiger partial charge in [-0.15, -0.1) is 0 Å². The topological polar surface area (TPSA) is 71.6 Å². The number of nitrogens with one attached hydrogen (secondary N) is 3. The summed E-state index contributed by atoms with van der Waals surface area (Å²) in [5, 5.41) is 8.76. The first kappa shape index (κ1) is 21.5. The maximum Gasteiger partial charge on any atom is 0.421 e. The zero-order chi connectivity index (χ0) is 21.9. The lowest BCUT2D eigenvalue weighted by atomic mass is 9.85. The molecule has 0 aliphatic carbocycles. The van der Waals surface area contributed by atoms with Crippen LogP contribution in [0.15, 0.2) is 54.6 Å². The van der Waals surface area contributed by atoms with Crippen LogP contribution in [-0.4, -0.2) is 37.6 Å². The van der Waals surface area contributed by atoms with Crippen molar-refractivity contribution in [3.05, 3.63) is 60.2 Å². The molecule has 0 spiro atoms. The van der Waals surface area contributed by atoms with E-state index in [4.69, 9.17) is 9.47 Å². The fraction of sp³-hybridized carbons (Fsp3) is 0.409. The summed E-state index contributed by atoms with van der Waals surface area (Å²) in [4.78, 5) is 12.4. The molecule has 0 saturated carbocycles. The van der Waals surface area contributed by atoms with Crippen LogP contribution in [0.1, 0.15) is 24.8 Å². The number of hydrogen-bond acceptors (Lipinski definition) is 4. The molecule has 2 aromatic rings. The Kier molecular flexibility index (Phi) is 6.06. The summed E-state index contributed by atoms with van der Waals surface area (Å²) in [5.74, 6) is 0.0918. The fourth-order valence-electron chi connectivity index (χ4n) is 3.92. The molecule has 2 amide bonds. The Bertz CT molecular complexity index is 904. The van der Waals surface area contributed by atoms with Crippen LogP contribution < -0.4 is 20.7 Å². The van der Waals surface area contributed by atoms with E-state index in [1.165, 1.54) is 18.2 Å². The van der Waals surface area contributed by atoms with Crippen molar-refractivity contribution in [1.29, 1.82) is 0 Å². The predicted molar refractivity (Wildman–Crippen MR) is 109 cm³/mol. The Morgan fingerprint density at radius 2 is 1.84 bits per heavy atom. The Balaban J connectivity index is 1.50. The predicted octanol–water partition coefficient (Wildman–Crippen LogP) is 4.14. The zero-order valence-electron chi connectivity index (χ0n) is 16.7. The molecule has 6 nitrogen and oxygen atoms in total. The highest BCUT2D eigenvalue weighted by Crippen LogP contribution is 2.52. The molecule has 2 saturated heterocycles. The Hall–Kier alpha value is -2.78. The number of anilines is 1. The molecule has 2 aliphatic heterocycles. The molecule has 31 heavy (non-hydrogen) atoms. The average Bonchev–Trinajstić information content (AvgIpc) is 2.69. The summed E-state index contributed by atoms with van der Waals surface area (Å²) >= 11 is 0. The first-order chi connectivity index (χ1) is 14.9. The summed E-state index contributed by atoms with van der Waals surface area (Å²) in [6.45, 7) is 0.672. The fourth-order valence-corrected chi connectivity index (χ4v) is 3.92. The van der Waals surface area contributed by atoms with E-state index in [1.54, 1.807) is 30.3 Å². The standard InChI is InChI=1S/C22H24F3N3O3/c23-22(24,25)21(12-14-30-21)16-9-4-5-11-18(16)31-19-17(10-6-13-26-19)28-20(29)27-15-7-2-1-3-8-15/h1-5,7-9,11,17,19,26H,6,10,12-14H2,(H2,27,28,29). The highest BCUT2D eigenvalue weighted by Gasteiger charge is 2.62. The van der Waals surface area contributed by atoms with E-state index in [9.17, 15) is 18.0 Å². The third-order valence-electron chi connectivity index (χ3n) is 5.59. The Morgan fingerprint density at radius 3 is 2.52 bits per heavy atom. The van der Waals surface area contributed by atoms with E-state index in [0.717, 1.165) is 6.42 Å². The van der Waals surface area contributed by atoms with Gasteiger partial charge >= 0.3 is 12.2 Å². The molecule has 166 valence electrons. The molecule has 9 heteroatoms. The molecule has 2 fully saturated rings. The van der Waals surface area contributed by atoms with Crippen LogP contribution in [0.2, 0.25) is 0 Å². The molecule has 3 unspecified atom stereocenters. The number of rotatable bonds is 5. The number of carbonyl (C=O) groups excluding carboxylic acids is 1. The molecule has 2 aromatic carbocycles. The number of benzene rings is 2. The van der Waals surface area contributed by atoms with Crippen LogP contribution in [0, 0.1) is 0 Å². The molecule has 4 rings (SSSR count). The van der Waals surface area contributed by atoms with Gasteiger partial charge < -0.3 is 20.1 Å². The van der Waals surface area contributed by atoms with Gasteiger partial charge in [-0.25, -0.2) is 4.79 Å². The van der Waals surface area contributed by atoms with Crippen molar-refractivity contribution in [3.63, 3.8) is 0 Å². The highest BCUT2D eigenvalue weighted by molar-refractivity contribution is 5.89. The van der Waals surface area contributed by atoms with E-state index >= 15 is 0 Å². The van der Waals surface area contributed by atoms with Crippen molar-refractivity contribution >= 4 is 11.7 Å². The van der Waals surface area contributed by atoms with Gasteiger partial charge in [-0.3, -0.25) is 5.32 Å². The third-order valence-corrected chi connectivity index (χ3v) is 5.59. The van der Waals surface area contributed by atoms with Gasteiger partial charge in [0.1, 0.15) is 5.75 Å². The summed E-state index contributed by atoms with van der Waals surface area (Å²) in [6, 6.07) is 14.2. The highest BCUT2D eigenvalue weighted by atomic mass is 19.4. The summed E-state index contributed by atoms with van der Waals surface area (Å²) < 4.78 is 52.4. The van der Waals surface area contributed by atoms with Crippen LogP contribution >= 0.6 is 0 Å². The van der Waals surface area contributed by atoms with Crippen molar-refractivity contribution in [2.24, 2.45) is 0 Å². The van der Waals surface area contributed by atoms with E-state index < -0.39 is 30.1 Å². The van der Waals surface area contributed by atoms with Crippen LogP contribution in [0.5, 0.6) is 5.75 Å². The van der Waals surface area contributed by atoms with Gasteiger partial charge in [-0.1, -0.05) is 36.4 Å². The van der Waals surface area contributed by atoms with Crippen LogP contribution in [-0.2, 0) is 10.3 Å². The number of para-hydroxylation sites is 2.